The fraction of sp³-hybridized carbons (Fsp3) is 0.667. The molecule has 0 bridgehead atoms. The fourth-order valence-corrected chi connectivity index (χ4v) is 1.43. The van der Waals surface area contributed by atoms with Crippen molar-refractivity contribution < 1.29 is 19.4 Å². The van der Waals surface area contributed by atoms with Gasteiger partial charge in [0.25, 0.3) is 0 Å². The normalized spacial score (nSPS) is 17.4. The van der Waals surface area contributed by atoms with E-state index in [1.807, 2.05) is 0 Å². The molecule has 0 atom stereocenters. The lowest BCUT2D eigenvalue weighted by atomic mass is 10.1. The van der Waals surface area contributed by atoms with E-state index in [9.17, 15) is 14.7 Å². The Hall–Kier alpha value is -1.52. The Morgan fingerprint density at radius 3 is 2.35 bits per heavy atom. The minimum Gasteiger partial charge on any atom is -0.510 e. The molecule has 0 unspecified atom stereocenters. The molecule has 1 aliphatic rings. The molecule has 0 aromatic carbocycles. The van der Waals surface area contributed by atoms with E-state index >= 15 is 0 Å². The maximum atomic E-state index is 11.9. The number of carbonyl (C=O) groups is 2. The Bertz CT molecular complexity index is 365. The quantitative estimate of drug-likeness (QED) is 0.354. The molecular weight excluding hydrogens is 222 g/mol. The Morgan fingerprint density at radius 1 is 1.47 bits per heavy atom. The average molecular weight is 241 g/mol. The molecule has 0 radical (unpaired) electrons. The molecule has 1 heterocycles. The van der Waals surface area contributed by atoms with Crippen LogP contribution >= 0.6 is 0 Å². The van der Waals surface area contributed by atoms with E-state index in [0.29, 0.717) is 19.4 Å². The van der Waals surface area contributed by atoms with Crippen molar-refractivity contribution in [2.45, 2.75) is 46.1 Å². The number of carbonyl (C=O) groups excluding carboxylic acids is 2. The summed E-state index contributed by atoms with van der Waals surface area (Å²) in [5, 5.41) is 9.72. The van der Waals surface area contributed by atoms with Crippen LogP contribution in [0.5, 0.6) is 0 Å². The van der Waals surface area contributed by atoms with Crippen LogP contribution < -0.4 is 0 Å². The van der Waals surface area contributed by atoms with E-state index in [1.165, 1.54) is 4.90 Å². The second-order valence-electron chi connectivity index (χ2n) is 4.95. The fourth-order valence-electron chi connectivity index (χ4n) is 1.43. The highest BCUT2D eigenvalue weighted by Gasteiger charge is 2.35. The molecule has 0 saturated carbocycles. The third kappa shape index (κ3) is 3.22. The molecule has 1 saturated heterocycles. The molecular formula is C12H19NO4. The Balaban J connectivity index is 2.93. The van der Waals surface area contributed by atoms with Gasteiger partial charge in [0.05, 0.1) is 0 Å². The van der Waals surface area contributed by atoms with Gasteiger partial charge < -0.3 is 14.7 Å². The Morgan fingerprint density at radius 2 is 2.06 bits per heavy atom. The number of aliphatic hydroxyl groups is 1. The van der Waals surface area contributed by atoms with Crippen molar-refractivity contribution in [3.63, 3.8) is 0 Å². The Labute approximate surface area is 101 Å². The number of esters is 1. The number of amides is 1. The first-order valence-corrected chi connectivity index (χ1v) is 5.72. The summed E-state index contributed by atoms with van der Waals surface area (Å²) in [6, 6.07) is 0. The van der Waals surface area contributed by atoms with Crippen LogP contribution in [0.25, 0.3) is 0 Å². The van der Waals surface area contributed by atoms with Gasteiger partial charge in [0.2, 0.25) is 5.91 Å². The number of hydrogen-bond acceptors (Lipinski definition) is 4. The van der Waals surface area contributed by atoms with Crippen molar-refractivity contribution in [2.24, 2.45) is 0 Å². The SMILES string of the molecule is CC/C(O)=C(/C(=O)OC(C)(C)C)N1CCC1=O. The van der Waals surface area contributed by atoms with Crippen LogP contribution in [0.4, 0.5) is 0 Å². The third-order valence-corrected chi connectivity index (χ3v) is 2.32. The zero-order chi connectivity index (χ0) is 13.2. The van der Waals surface area contributed by atoms with Crippen molar-refractivity contribution in [3.8, 4) is 0 Å². The minimum atomic E-state index is -0.649. The van der Waals surface area contributed by atoms with Crippen molar-refractivity contribution in [1.29, 1.82) is 0 Å². The number of allylic oxidation sites excluding steroid dienone is 1. The number of hydrogen-bond donors (Lipinski definition) is 1. The van der Waals surface area contributed by atoms with Crippen molar-refractivity contribution in [2.75, 3.05) is 6.54 Å². The second kappa shape index (κ2) is 4.77. The van der Waals surface area contributed by atoms with Gasteiger partial charge in [-0.25, -0.2) is 4.79 Å². The van der Waals surface area contributed by atoms with E-state index in [-0.39, 0.29) is 17.4 Å². The summed E-state index contributed by atoms with van der Waals surface area (Å²) in [5.41, 5.74) is -0.664. The van der Waals surface area contributed by atoms with Gasteiger partial charge >= 0.3 is 5.97 Å². The van der Waals surface area contributed by atoms with Crippen molar-refractivity contribution >= 4 is 11.9 Å². The standard InChI is InChI=1S/C12H19NO4/c1-5-8(14)10(13-7-6-9(13)15)11(16)17-12(2,3)4/h14H,5-7H2,1-4H3/b10-8+. The van der Waals surface area contributed by atoms with Gasteiger partial charge in [-0.05, 0) is 20.8 Å². The molecule has 1 aliphatic heterocycles. The van der Waals surface area contributed by atoms with Crippen molar-refractivity contribution in [3.05, 3.63) is 11.5 Å². The number of likely N-dealkylation sites (tertiary alicyclic amines) is 1. The molecule has 0 aliphatic carbocycles. The number of aliphatic hydroxyl groups excluding tert-OH is 1. The maximum absolute atomic E-state index is 11.9. The van der Waals surface area contributed by atoms with Crippen LogP contribution in [-0.4, -0.2) is 34.0 Å². The topological polar surface area (TPSA) is 66.8 Å². The molecule has 5 nitrogen and oxygen atoms in total. The summed E-state index contributed by atoms with van der Waals surface area (Å²) in [7, 11) is 0. The molecule has 1 fully saturated rings. The van der Waals surface area contributed by atoms with E-state index in [2.05, 4.69) is 0 Å². The number of nitrogens with zero attached hydrogens (tertiary/aromatic N) is 1. The lowest BCUT2D eigenvalue weighted by Crippen LogP contribution is -2.46. The highest BCUT2D eigenvalue weighted by Crippen LogP contribution is 2.23. The van der Waals surface area contributed by atoms with Crippen molar-refractivity contribution in [1.82, 2.24) is 4.90 Å². The first kappa shape index (κ1) is 13.5. The van der Waals surface area contributed by atoms with E-state index in [1.54, 1.807) is 27.7 Å². The van der Waals surface area contributed by atoms with Crippen LogP contribution in [0.15, 0.2) is 11.5 Å². The van der Waals surface area contributed by atoms with Crippen LogP contribution in [0.1, 0.15) is 40.5 Å². The average Bonchev–Trinajstić information content (AvgIpc) is 2.19. The molecule has 1 amide bonds. The number of β-lactam (4-membered cyclic amide) rings is 1. The number of rotatable bonds is 3. The van der Waals surface area contributed by atoms with E-state index in [0.717, 1.165) is 0 Å². The predicted molar refractivity (Wildman–Crippen MR) is 62.1 cm³/mol. The van der Waals surface area contributed by atoms with Crippen LogP contribution in [-0.2, 0) is 14.3 Å². The summed E-state index contributed by atoms with van der Waals surface area (Å²) in [6.07, 6.45) is 0.696. The highest BCUT2D eigenvalue weighted by molar-refractivity contribution is 5.96. The monoisotopic (exact) mass is 241 g/mol. The molecule has 5 heteroatoms. The first-order valence-electron chi connectivity index (χ1n) is 5.72. The summed E-state index contributed by atoms with van der Waals surface area (Å²) in [5.74, 6) is -0.914. The van der Waals surface area contributed by atoms with E-state index in [4.69, 9.17) is 4.74 Å². The largest absolute Gasteiger partial charge is 0.510 e. The van der Waals surface area contributed by atoms with Crippen LogP contribution in [0, 0.1) is 0 Å². The molecule has 96 valence electrons. The summed E-state index contributed by atoms with van der Waals surface area (Å²) in [4.78, 5) is 24.5. The highest BCUT2D eigenvalue weighted by atomic mass is 16.6. The summed E-state index contributed by atoms with van der Waals surface area (Å²) < 4.78 is 5.18. The zero-order valence-corrected chi connectivity index (χ0v) is 10.7. The summed E-state index contributed by atoms with van der Waals surface area (Å²) in [6.45, 7) is 7.39. The third-order valence-electron chi connectivity index (χ3n) is 2.32. The smallest absolute Gasteiger partial charge is 0.359 e. The van der Waals surface area contributed by atoms with Gasteiger partial charge in [-0.15, -0.1) is 0 Å². The molecule has 1 N–H and O–H groups in total. The minimum absolute atomic E-state index is 0.0151. The van der Waals surface area contributed by atoms with Gasteiger partial charge in [-0.1, -0.05) is 6.92 Å². The van der Waals surface area contributed by atoms with Gasteiger partial charge in [-0.2, -0.15) is 0 Å². The van der Waals surface area contributed by atoms with Crippen LogP contribution in [0.2, 0.25) is 0 Å². The van der Waals surface area contributed by atoms with Gasteiger partial charge in [0.15, 0.2) is 5.70 Å². The lowest BCUT2D eigenvalue weighted by Gasteiger charge is -2.33. The Kier molecular flexibility index (Phi) is 3.80. The maximum Gasteiger partial charge on any atom is 0.359 e. The molecule has 0 spiro atoms. The molecule has 0 aromatic heterocycles. The van der Waals surface area contributed by atoms with E-state index < -0.39 is 11.6 Å². The predicted octanol–water partition coefficient (Wildman–Crippen LogP) is 1.74. The van der Waals surface area contributed by atoms with Gasteiger partial charge in [0, 0.05) is 19.4 Å². The lowest BCUT2D eigenvalue weighted by molar-refractivity contribution is -0.156. The van der Waals surface area contributed by atoms with Crippen LogP contribution in [0.3, 0.4) is 0 Å². The summed E-state index contributed by atoms with van der Waals surface area (Å²) >= 11 is 0. The van der Waals surface area contributed by atoms with Gasteiger partial charge in [-0.3, -0.25) is 4.79 Å². The first-order chi connectivity index (χ1) is 7.76. The van der Waals surface area contributed by atoms with Gasteiger partial charge in [0.1, 0.15) is 11.4 Å². The molecule has 17 heavy (non-hydrogen) atoms. The molecule has 1 rings (SSSR count). The number of ether oxygens (including phenoxy) is 1. The second-order valence-corrected chi connectivity index (χ2v) is 4.95. The zero-order valence-electron chi connectivity index (χ0n) is 10.7. The molecule has 0 aromatic rings.